The molecule has 0 aliphatic rings. The smallest absolute Gasteiger partial charge is 0.333 e. The van der Waals surface area contributed by atoms with Gasteiger partial charge in [-0.1, -0.05) is 6.07 Å². The number of aliphatic carboxylic acids is 1. The lowest BCUT2D eigenvalue weighted by molar-refractivity contribution is -0.384. The molecule has 0 aliphatic carbocycles. The van der Waals surface area contributed by atoms with Crippen LogP contribution in [0.5, 0.6) is 0 Å². The van der Waals surface area contributed by atoms with Crippen LogP contribution < -0.4 is 5.32 Å². The van der Waals surface area contributed by atoms with Crippen LogP contribution in [-0.2, 0) is 11.8 Å². The summed E-state index contributed by atoms with van der Waals surface area (Å²) in [5, 5.41) is 28.7. The number of carboxylic acids is 1. The highest BCUT2D eigenvalue weighted by molar-refractivity contribution is 7.10. The minimum Gasteiger partial charge on any atom is -0.479 e. The first-order valence-corrected chi connectivity index (χ1v) is 6.50. The summed E-state index contributed by atoms with van der Waals surface area (Å²) in [6.45, 7) is 1.50. The zero-order chi connectivity index (χ0) is 14.9. The Balaban J connectivity index is 2.42. The van der Waals surface area contributed by atoms with Crippen LogP contribution in [0.1, 0.15) is 16.6 Å². The van der Waals surface area contributed by atoms with E-state index in [1.54, 1.807) is 17.5 Å². The fraction of sp³-hybridized carbons (Fsp3) is 0.273. The van der Waals surface area contributed by atoms with Crippen LogP contribution in [0, 0.1) is 17.0 Å². The number of aryl methyl sites for hydroxylation is 2. The van der Waals surface area contributed by atoms with Gasteiger partial charge in [0.25, 0.3) is 0 Å². The first-order valence-electron chi connectivity index (χ1n) is 5.62. The standard InChI is InChI=1S/C11H12N4O4S/c1-6-9(15(18)19)10(14(2)13-6)12-8(11(16)17)7-4-3-5-20-7/h3-5,8,12H,1-2H3,(H,16,17). The number of nitrogens with one attached hydrogen (secondary N) is 1. The van der Waals surface area contributed by atoms with Gasteiger partial charge >= 0.3 is 11.7 Å². The summed E-state index contributed by atoms with van der Waals surface area (Å²) < 4.78 is 1.27. The molecule has 2 heterocycles. The summed E-state index contributed by atoms with van der Waals surface area (Å²) in [5.74, 6) is -1.03. The second kappa shape index (κ2) is 5.29. The maximum atomic E-state index is 11.3. The molecule has 0 bridgehead atoms. The Labute approximate surface area is 117 Å². The minimum absolute atomic E-state index is 0.0771. The van der Waals surface area contributed by atoms with Gasteiger partial charge in [-0.3, -0.25) is 10.1 Å². The molecule has 2 rings (SSSR count). The lowest BCUT2D eigenvalue weighted by Gasteiger charge is -2.13. The number of hydrogen-bond donors (Lipinski definition) is 2. The molecule has 2 aromatic rings. The first kappa shape index (κ1) is 14.0. The first-order chi connectivity index (χ1) is 9.41. The third kappa shape index (κ3) is 2.48. The number of hydrogen-bond acceptors (Lipinski definition) is 6. The van der Waals surface area contributed by atoms with Gasteiger partial charge in [0.2, 0.25) is 5.82 Å². The Morgan fingerprint density at radius 2 is 2.35 bits per heavy atom. The van der Waals surface area contributed by atoms with Crippen LogP contribution in [0.3, 0.4) is 0 Å². The number of aromatic nitrogens is 2. The molecule has 0 aliphatic heterocycles. The lowest BCUT2D eigenvalue weighted by Crippen LogP contribution is -2.21. The Kier molecular flexibility index (Phi) is 3.70. The molecule has 1 atom stereocenters. The molecule has 0 aromatic carbocycles. The van der Waals surface area contributed by atoms with Crippen molar-refractivity contribution in [2.24, 2.45) is 7.05 Å². The van der Waals surface area contributed by atoms with Crippen molar-refractivity contribution in [2.45, 2.75) is 13.0 Å². The van der Waals surface area contributed by atoms with Crippen LogP contribution in [0.25, 0.3) is 0 Å². The van der Waals surface area contributed by atoms with Crippen molar-refractivity contribution in [3.63, 3.8) is 0 Å². The molecular weight excluding hydrogens is 284 g/mol. The fourth-order valence-corrected chi connectivity index (χ4v) is 2.64. The van der Waals surface area contributed by atoms with Gasteiger partial charge in [0.1, 0.15) is 5.69 Å². The number of carbonyl (C=O) groups is 1. The zero-order valence-electron chi connectivity index (χ0n) is 10.7. The van der Waals surface area contributed by atoms with Gasteiger partial charge < -0.3 is 10.4 Å². The summed E-state index contributed by atoms with van der Waals surface area (Å²) in [7, 11) is 1.52. The topological polar surface area (TPSA) is 110 Å². The molecule has 0 saturated carbocycles. The van der Waals surface area contributed by atoms with E-state index in [-0.39, 0.29) is 17.2 Å². The van der Waals surface area contributed by atoms with E-state index in [4.69, 9.17) is 0 Å². The normalized spacial score (nSPS) is 12.1. The predicted molar refractivity (Wildman–Crippen MR) is 72.9 cm³/mol. The minimum atomic E-state index is -1.11. The average molecular weight is 296 g/mol. The van der Waals surface area contributed by atoms with Gasteiger partial charge in [0.15, 0.2) is 6.04 Å². The monoisotopic (exact) mass is 296 g/mol. The highest BCUT2D eigenvalue weighted by atomic mass is 32.1. The van der Waals surface area contributed by atoms with E-state index in [1.807, 2.05) is 0 Å². The second-order valence-electron chi connectivity index (χ2n) is 4.09. The maximum absolute atomic E-state index is 11.3. The maximum Gasteiger partial charge on any atom is 0.333 e. The molecule has 2 aromatic heterocycles. The SMILES string of the molecule is Cc1nn(C)c(NC(C(=O)O)c2cccs2)c1[N+](=O)[O-]. The quantitative estimate of drug-likeness (QED) is 0.644. The van der Waals surface area contributed by atoms with Gasteiger partial charge in [0.05, 0.1) is 4.92 Å². The van der Waals surface area contributed by atoms with Crippen LogP contribution in [0.2, 0.25) is 0 Å². The number of nitro groups is 1. The molecule has 106 valence electrons. The molecule has 0 spiro atoms. The van der Waals surface area contributed by atoms with Crippen molar-refractivity contribution in [2.75, 3.05) is 5.32 Å². The van der Waals surface area contributed by atoms with Gasteiger partial charge in [-0.25, -0.2) is 9.48 Å². The van der Waals surface area contributed by atoms with Crippen LogP contribution in [-0.4, -0.2) is 25.8 Å². The summed E-state index contributed by atoms with van der Waals surface area (Å²) in [6.07, 6.45) is 0. The zero-order valence-corrected chi connectivity index (χ0v) is 11.5. The highest BCUT2D eigenvalue weighted by Gasteiger charge is 2.29. The van der Waals surface area contributed by atoms with Gasteiger partial charge in [0, 0.05) is 11.9 Å². The van der Waals surface area contributed by atoms with Crippen molar-refractivity contribution < 1.29 is 14.8 Å². The Hall–Kier alpha value is -2.42. The molecular formula is C11H12N4O4S. The molecule has 0 fully saturated rings. The molecule has 0 amide bonds. The van der Waals surface area contributed by atoms with Crippen LogP contribution in [0.4, 0.5) is 11.5 Å². The van der Waals surface area contributed by atoms with E-state index in [9.17, 15) is 20.0 Å². The number of rotatable bonds is 5. The Morgan fingerprint density at radius 3 is 2.85 bits per heavy atom. The van der Waals surface area contributed by atoms with E-state index >= 15 is 0 Å². The summed E-state index contributed by atoms with van der Waals surface area (Å²) >= 11 is 1.26. The number of carboxylic acid groups (broad SMARTS) is 1. The second-order valence-corrected chi connectivity index (χ2v) is 5.07. The molecule has 0 saturated heterocycles. The Bertz CT molecular complexity index is 650. The van der Waals surface area contributed by atoms with Crippen LogP contribution in [0.15, 0.2) is 17.5 Å². The summed E-state index contributed by atoms with van der Waals surface area (Å²) in [6, 6.07) is 2.33. The van der Waals surface area contributed by atoms with Gasteiger partial charge in [-0.2, -0.15) is 5.10 Å². The van der Waals surface area contributed by atoms with Gasteiger partial charge in [-0.15, -0.1) is 11.3 Å². The Morgan fingerprint density at radius 1 is 1.65 bits per heavy atom. The van der Waals surface area contributed by atoms with E-state index in [2.05, 4.69) is 10.4 Å². The summed E-state index contributed by atoms with van der Waals surface area (Å²) in [5.41, 5.74) is 0.0191. The van der Waals surface area contributed by atoms with Crippen molar-refractivity contribution in [3.05, 3.63) is 38.2 Å². The summed E-state index contributed by atoms with van der Waals surface area (Å²) in [4.78, 5) is 22.4. The highest BCUT2D eigenvalue weighted by Crippen LogP contribution is 2.31. The van der Waals surface area contributed by atoms with E-state index in [1.165, 1.54) is 30.0 Å². The molecule has 1 unspecified atom stereocenters. The van der Waals surface area contributed by atoms with E-state index in [0.29, 0.717) is 4.88 Å². The third-order valence-corrected chi connectivity index (χ3v) is 3.67. The number of nitrogens with zero attached hydrogens (tertiary/aromatic N) is 3. The van der Waals surface area contributed by atoms with Gasteiger partial charge in [-0.05, 0) is 18.4 Å². The van der Waals surface area contributed by atoms with Crippen molar-refractivity contribution in [3.8, 4) is 0 Å². The number of thiophene rings is 1. The third-order valence-electron chi connectivity index (χ3n) is 2.73. The largest absolute Gasteiger partial charge is 0.479 e. The fourth-order valence-electron chi connectivity index (χ4n) is 1.87. The van der Waals surface area contributed by atoms with Crippen LogP contribution >= 0.6 is 11.3 Å². The lowest BCUT2D eigenvalue weighted by atomic mass is 10.2. The average Bonchev–Trinajstić information content (AvgIpc) is 2.93. The van der Waals surface area contributed by atoms with Crippen molar-refractivity contribution in [1.29, 1.82) is 0 Å². The van der Waals surface area contributed by atoms with E-state index < -0.39 is 16.9 Å². The molecule has 9 heteroatoms. The predicted octanol–water partition coefficient (Wildman–Crippen LogP) is 1.94. The van der Waals surface area contributed by atoms with Crippen molar-refractivity contribution >= 4 is 28.8 Å². The molecule has 8 nitrogen and oxygen atoms in total. The molecule has 0 radical (unpaired) electrons. The van der Waals surface area contributed by atoms with E-state index in [0.717, 1.165) is 0 Å². The van der Waals surface area contributed by atoms with Crippen molar-refractivity contribution in [1.82, 2.24) is 9.78 Å². The molecule has 2 N–H and O–H groups in total. The number of anilines is 1. The molecule has 20 heavy (non-hydrogen) atoms.